The van der Waals surface area contributed by atoms with Gasteiger partial charge in [-0.3, -0.25) is 4.79 Å². The fourth-order valence-corrected chi connectivity index (χ4v) is 3.93. The number of nitrogens with zero attached hydrogens (tertiary/aromatic N) is 4. The van der Waals surface area contributed by atoms with Crippen molar-refractivity contribution < 1.29 is 4.79 Å². The smallest absolute Gasteiger partial charge is 0.228 e. The third-order valence-corrected chi connectivity index (χ3v) is 5.50. The van der Waals surface area contributed by atoms with Gasteiger partial charge in [0.25, 0.3) is 0 Å². The highest BCUT2D eigenvalue weighted by Crippen LogP contribution is 2.36. The molecule has 1 N–H and O–H groups in total. The van der Waals surface area contributed by atoms with Crippen molar-refractivity contribution in [3.05, 3.63) is 12.3 Å². The highest BCUT2D eigenvalue weighted by atomic mass is 32.1. The summed E-state index contributed by atoms with van der Waals surface area (Å²) in [5.74, 6) is 0.889. The Morgan fingerprint density at radius 2 is 2.30 bits per heavy atom. The van der Waals surface area contributed by atoms with E-state index in [0.29, 0.717) is 5.82 Å². The van der Waals surface area contributed by atoms with Crippen molar-refractivity contribution in [1.82, 2.24) is 9.97 Å². The molecule has 2 aliphatic rings. The Morgan fingerprint density at radius 1 is 1.43 bits per heavy atom. The summed E-state index contributed by atoms with van der Waals surface area (Å²) in [5, 5.41) is 13.0. The molecular weight excluding hydrogens is 310 g/mol. The molecule has 7 heteroatoms. The van der Waals surface area contributed by atoms with E-state index in [-0.39, 0.29) is 17.7 Å². The van der Waals surface area contributed by atoms with Crippen LogP contribution >= 0.6 is 11.3 Å². The molecule has 1 amide bonds. The number of anilines is 2. The third kappa shape index (κ3) is 2.86. The third-order valence-electron chi connectivity index (χ3n) is 4.36. The molecule has 1 aliphatic carbocycles. The van der Waals surface area contributed by atoms with Crippen LogP contribution in [0.3, 0.4) is 0 Å². The fraction of sp³-hybridized carbons (Fsp3) is 0.500. The second kappa shape index (κ2) is 5.78. The van der Waals surface area contributed by atoms with Crippen LogP contribution in [0.5, 0.6) is 0 Å². The van der Waals surface area contributed by atoms with Gasteiger partial charge in [-0.25, -0.2) is 9.97 Å². The molecule has 0 radical (unpaired) electrons. The highest BCUT2D eigenvalue weighted by Gasteiger charge is 2.30. The number of carbonyl (C=O) groups excluding carboxylic acids is 1. The van der Waals surface area contributed by atoms with Gasteiger partial charge in [-0.15, -0.1) is 0 Å². The summed E-state index contributed by atoms with van der Waals surface area (Å²) in [6.45, 7) is 1.66. The summed E-state index contributed by atoms with van der Waals surface area (Å²) in [6, 6.07) is 4.23. The van der Waals surface area contributed by atoms with Crippen molar-refractivity contribution in [1.29, 1.82) is 5.26 Å². The van der Waals surface area contributed by atoms with Gasteiger partial charge in [0.15, 0.2) is 10.9 Å². The van der Waals surface area contributed by atoms with E-state index in [1.165, 1.54) is 0 Å². The second-order valence-electron chi connectivity index (χ2n) is 6.18. The van der Waals surface area contributed by atoms with Gasteiger partial charge >= 0.3 is 0 Å². The average Bonchev–Trinajstić information content (AvgIpc) is 3.34. The molecular formula is C16H17N5OS. The van der Waals surface area contributed by atoms with E-state index in [9.17, 15) is 4.79 Å². The number of nitrogens with one attached hydrogen (secondary N) is 1. The number of rotatable bonds is 3. The Labute approximate surface area is 138 Å². The van der Waals surface area contributed by atoms with Crippen LogP contribution in [-0.2, 0) is 4.79 Å². The van der Waals surface area contributed by atoms with Crippen molar-refractivity contribution in [2.45, 2.75) is 25.7 Å². The summed E-state index contributed by atoms with van der Waals surface area (Å²) in [7, 11) is 0. The van der Waals surface area contributed by atoms with Gasteiger partial charge in [-0.05, 0) is 31.7 Å². The SMILES string of the molecule is N#CC1CCCN(c2nc3ccnc(NC(=O)C4CC4)c3s2)C1. The van der Waals surface area contributed by atoms with Crippen LogP contribution in [0.2, 0.25) is 0 Å². The van der Waals surface area contributed by atoms with Crippen molar-refractivity contribution >= 4 is 38.4 Å². The number of hydrogen-bond acceptors (Lipinski definition) is 6. The quantitative estimate of drug-likeness (QED) is 0.937. The number of hydrogen-bond donors (Lipinski definition) is 1. The molecule has 0 spiro atoms. The molecule has 1 saturated heterocycles. The number of pyridine rings is 1. The molecule has 2 aromatic rings. The first kappa shape index (κ1) is 14.4. The van der Waals surface area contributed by atoms with Gasteiger partial charge in [0.05, 0.1) is 22.2 Å². The zero-order valence-corrected chi connectivity index (χ0v) is 13.5. The Balaban J connectivity index is 1.62. The van der Waals surface area contributed by atoms with Crippen LogP contribution in [-0.4, -0.2) is 29.0 Å². The minimum atomic E-state index is 0.0578. The van der Waals surface area contributed by atoms with Gasteiger partial charge < -0.3 is 10.2 Å². The monoisotopic (exact) mass is 327 g/mol. The molecule has 1 unspecified atom stereocenters. The lowest BCUT2D eigenvalue weighted by Gasteiger charge is -2.28. The largest absolute Gasteiger partial charge is 0.347 e. The maximum absolute atomic E-state index is 12.0. The van der Waals surface area contributed by atoms with Crippen LogP contribution in [0.4, 0.5) is 10.9 Å². The molecule has 1 atom stereocenters. The van der Waals surface area contributed by atoms with Crippen LogP contribution < -0.4 is 10.2 Å². The lowest BCUT2D eigenvalue weighted by atomic mass is 10.0. The number of thiazole rings is 1. The highest BCUT2D eigenvalue weighted by molar-refractivity contribution is 7.22. The lowest BCUT2D eigenvalue weighted by molar-refractivity contribution is -0.117. The number of fused-ring (bicyclic) bond motifs is 1. The second-order valence-corrected chi connectivity index (χ2v) is 7.16. The summed E-state index contributed by atoms with van der Waals surface area (Å²) in [4.78, 5) is 23.2. The van der Waals surface area contributed by atoms with Crippen molar-refractivity contribution in [2.24, 2.45) is 11.8 Å². The molecule has 0 bridgehead atoms. The Bertz CT molecular complexity index is 791. The molecule has 2 fully saturated rings. The minimum Gasteiger partial charge on any atom is -0.347 e. The Morgan fingerprint density at radius 3 is 3.09 bits per heavy atom. The van der Waals surface area contributed by atoms with Gasteiger partial charge in [-0.1, -0.05) is 11.3 Å². The molecule has 4 rings (SSSR count). The number of amides is 1. The maximum atomic E-state index is 12.0. The van der Waals surface area contributed by atoms with E-state index in [1.54, 1.807) is 17.5 Å². The van der Waals surface area contributed by atoms with Crippen molar-refractivity contribution in [3.63, 3.8) is 0 Å². The van der Waals surface area contributed by atoms with Crippen LogP contribution in [0.25, 0.3) is 10.2 Å². The first-order chi connectivity index (χ1) is 11.2. The van der Waals surface area contributed by atoms with Crippen molar-refractivity contribution in [3.8, 4) is 6.07 Å². The van der Waals surface area contributed by atoms with E-state index < -0.39 is 0 Å². The summed E-state index contributed by atoms with van der Waals surface area (Å²) >= 11 is 1.55. The van der Waals surface area contributed by atoms with E-state index >= 15 is 0 Å². The van der Waals surface area contributed by atoms with E-state index in [4.69, 9.17) is 5.26 Å². The number of nitriles is 1. The molecule has 1 aliphatic heterocycles. The molecule has 2 aromatic heterocycles. The summed E-state index contributed by atoms with van der Waals surface area (Å²) in [5.41, 5.74) is 0.852. The predicted molar refractivity (Wildman–Crippen MR) is 89.3 cm³/mol. The maximum Gasteiger partial charge on any atom is 0.228 e. The van der Waals surface area contributed by atoms with E-state index in [1.807, 2.05) is 6.07 Å². The molecule has 23 heavy (non-hydrogen) atoms. The van der Waals surface area contributed by atoms with E-state index in [2.05, 4.69) is 26.3 Å². The zero-order chi connectivity index (χ0) is 15.8. The Hall–Kier alpha value is -2.20. The minimum absolute atomic E-state index is 0.0578. The lowest BCUT2D eigenvalue weighted by Crippen LogP contribution is -2.34. The van der Waals surface area contributed by atoms with Crippen molar-refractivity contribution in [2.75, 3.05) is 23.3 Å². The fourth-order valence-electron chi connectivity index (χ4n) is 2.89. The van der Waals surface area contributed by atoms with Gasteiger partial charge in [-0.2, -0.15) is 5.26 Å². The molecule has 0 aromatic carbocycles. The number of piperidine rings is 1. The standard InChI is InChI=1S/C16H17N5OS/c17-8-10-2-1-7-21(9-10)16-19-12-5-6-18-14(13(12)23-16)20-15(22)11-3-4-11/h5-6,10-11H,1-4,7,9H2,(H,18,20,22). The van der Waals surface area contributed by atoms with Crippen LogP contribution in [0.1, 0.15) is 25.7 Å². The first-order valence-corrected chi connectivity index (χ1v) is 8.77. The normalized spacial score (nSPS) is 21.2. The Kier molecular flexibility index (Phi) is 3.62. The van der Waals surface area contributed by atoms with Crippen LogP contribution in [0.15, 0.2) is 12.3 Å². The predicted octanol–water partition coefficient (Wildman–Crippen LogP) is 2.78. The number of aromatic nitrogens is 2. The number of carbonyl (C=O) groups is 1. The molecule has 1 saturated carbocycles. The van der Waals surface area contributed by atoms with E-state index in [0.717, 1.165) is 54.1 Å². The van der Waals surface area contributed by atoms with Crippen LogP contribution in [0, 0.1) is 23.2 Å². The zero-order valence-electron chi connectivity index (χ0n) is 12.7. The molecule has 6 nitrogen and oxygen atoms in total. The van der Waals surface area contributed by atoms with Gasteiger partial charge in [0.1, 0.15) is 0 Å². The molecule has 3 heterocycles. The summed E-state index contributed by atoms with van der Waals surface area (Å²) < 4.78 is 0.913. The topological polar surface area (TPSA) is 81.9 Å². The first-order valence-electron chi connectivity index (χ1n) is 7.95. The van der Waals surface area contributed by atoms with Gasteiger partial charge in [0, 0.05) is 25.2 Å². The average molecular weight is 327 g/mol. The molecule has 118 valence electrons. The summed E-state index contributed by atoms with van der Waals surface area (Å²) in [6.07, 6.45) is 5.60. The van der Waals surface area contributed by atoms with Gasteiger partial charge in [0.2, 0.25) is 5.91 Å².